The smallest absolute Gasteiger partial charge is 0.397 e. The Morgan fingerprint density at radius 1 is 1.27 bits per heavy atom. The fourth-order valence-electron chi connectivity index (χ4n) is 0.934. The first kappa shape index (κ1) is 11.6. The van der Waals surface area contributed by atoms with E-state index in [2.05, 4.69) is 4.98 Å². The topological polar surface area (TPSA) is 38.9 Å². The van der Waals surface area contributed by atoms with Gasteiger partial charge >= 0.3 is 6.18 Å². The number of rotatable bonds is 1. The van der Waals surface area contributed by atoms with Crippen LogP contribution in [-0.4, -0.2) is 4.98 Å². The van der Waals surface area contributed by atoms with Crippen LogP contribution in [0.1, 0.15) is 17.7 Å². The van der Waals surface area contributed by atoms with Crippen LogP contribution in [-0.2, 0) is 6.18 Å². The minimum absolute atomic E-state index is 0.355. The maximum absolute atomic E-state index is 12.9. The monoisotopic (exact) mass is 230 g/mol. The summed E-state index contributed by atoms with van der Waals surface area (Å²) in [6.45, 7) is 0. The Bertz CT molecular complexity index is 372. The lowest BCUT2D eigenvalue weighted by Crippen LogP contribution is -2.14. The summed E-state index contributed by atoms with van der Waals surface area (Å²) in [5.74, 6) is -2.13. The lowest BCUT2D eigenvalue weighted by Gasteiger charge is -2.11. The number of anilines is 1. The van der Waals surface area contributed by atoms with Gasteiger partial charge < -0.3 is 5.73 Å². The molecular formula is C7H4F6N2. The summed E-state index contributed by atoms with van der Waals surface area (Å²) in [6.07, 6.45) is -8.19. The summed E-state index contributed by atoms with van der Waals surface area (Å²) in [5, 5.41) is 0. The lowest BCUT2D eigenvalue weighted by atomic mass is 10.2. The predicted octanol–water partition coefficient (Wildman–Crippen LogP) is 2.76. The van der Waals surface area contributed by atoms with Crippen LogP contribution in [0.25, 0.3) is 0 Å². The van der Waals surface area contributed by atoms with Crippen LogP contribution < -0.4 is 5.73 Å². The van der Waals surface area contributed by atoms with Crippen molar-refractivity contribution in [3.05, 3.63) is 23.3 Å². The van der Waals surface area contributed by atoms with Gasteiger partial charge in [-0.2, -0.15) is 13.2 Å². The van der Waals surface area contributed by atoms with E-state index >= 15 is 0 Å². The average molecular weight is 230 g/mol. The molecule has 0 aliphatic heterocycles. The average Bonchev–Trinajstić information content (AvgIpc) is 2.00. The number of halogens is 6. The molecule has 2 nitrogen and oxygen atoms in total. The molecule has 0 saturated carbocycles. The van der Waals surface area contributed by atoms with E-state index in [9.17, 15) is 26.3 Å². The summed E-state index contributed by atoms with van der Waals surface area (Å²) in [5.41, 5.74) is 0.607. The number of nitrogens with two attached hydrogens (primary N) is 1. The van der Waals surface area contributed by atoms with Crippen molar-refractivity contribution in [1.82, 2.24) is 4.98 Å². The highest BCUT2D eigenvalue weighted by Gasteiger charge is 2.38. The van der Waals surface area contributed by atoms with Gasteiger partial charge in [-0.25, -0.2) is 18.2 Å². The number of nitrogen functional groups attached to an aromatic ring is 1. The summed E-state index contributed by atoms with van der Waals surface area (Å²) in [7, 11) is 0. The van der Waals surface area contributed by atoms with Gasteiger partial charge in [-0.05, 0) is 0 Å². The van der Waals surface area contributed by atoms with Crippen LogP contribution in [0.4, 0.5) is 32.0 Å². The molecule has 0 saturated heterocycles. The predicted molar refractivity (Wildman–Crippen MR) is 38.6 cm³/mol. The second-order valence-corrected chi connectivity index (χ2v) is 2.59. The normalized spacial score (nSPS) is 12.2. The van der Waals surface area contributed by atoms with Gasteiger partial charge in [-0.3, -0.25) is 0 Å². The Morgan fingerprint density at radius 3 is 2.20 bits per heavy atom. The van der Waals surface area contributed by atoms with Gasteiger partial charge in [-0.1, -0.05) is 0 Å². The fourth-order valence-corrected chi connectivity index (χ4v) is 0.934. The highest BCUT2D eigenvalue weighted by molar-refractivity contribution is 5.47. The Hall–Kier alpha value is -1.47. The summed E-state index contributed by atoms with van der Waals surface area (Å²) < 4.78 is 73.3. The van der Waals surface area contributed by atoms with Gasteiger partial charge in [0.1, 0.15) is 0 Å². The number of pyridine rings is 1. The molecule has 0 spiro atoms. The lowest BCUT2D eigenvalue weighted by molar-refractivity contribution is -0.143. The van der Waals surface area contributed by atoms with Gasteiger partial charge in [0.2, 0.25) is 0 Å². The van der Waals surface area contributed by atoms with Crippen LogP contribution in [0.15, 0.2) is 6.20 Å². The quantitative estimate of drug-likeness (QED) is 0.753. The van der Waals surface area contributed by atoms with E-state index in [0.29, 0.717) is 6.20 Å². The summed E-state index contributed by atoms with van der Waals surface area (Å²) >= 11 is 0. The second kappa shape index (κ2) is 3.59. The number of aromatic nitrogens is 1. The van der Waals surface area contributed by atoms with Crippen molar-refractivity contribution in [3.8, 4) is 0 Å². The number of nitrogens with zero attached hydrogens (tertiary/aromatic N) is 1. The molecule has 0 aliphatic carbocycles. The molecule has 1 aromatic heterocycles. The molecular weight excluding hydrogens is 226 g/mol. The largest absolute Gasteiger partial charge is 0.436 e. The van der Waals surface area contributed by atoms with Crippen LogP contribution in [0.3, 0.4) is 0 Å². The van der Waals surface area contributed by atoms with Crippen molar-refractivity contribution < 1.29 is 26.3 Å². The third kappa shape index (κ3) is 2.13. The minimum Gasteiger partial charge on any atom is -0.397 e. The molecule has 0 aliphatic rings. The van der Waals surface area contributed by atoms with E-state index in [1.165, 1.54) is 0 Å². The zero-order chi connectivity index (χ0) is 11.8. The van der Waals surface area contributed by atoms with Crippen LogP contribution in [0, 0.1) is 5.82 Å². The molecule has 0 atom stereocenters. The first-order chi connectivity index (χ1) is 6.75. The molecule has 1 aromatic rings. The fraction of sp³-hybridized carbons (Fsp3) is 0.286. The molecule has 0 aromatic carbocycles. The Morgan fingerprint density at radius 2 is 1.80 bits per heavy atom. The third-order valence-electron chi connectivity index (χ3n) is 1.57. The van der Waals surface area contributed by atoms with E-state index in [-0.39, 0.29) is 0 Å². The summed E-state index contributed by atoms with van der Waals surface area (Å²) in [6, 6.07) is 0. The standard InChI is InChI=1S/C7H4F6N2/c8-4-3(6(9)10)2(14)1-15-5(4)7(11,12)13/h1,6H,14H2. The molecule has 15 heavy (non-hydrogen) atoms. The Kier molecular flexibility index (Phi) is 2.78. The van der Waals surface area contributed by atoms with Crippen LogP contribution in [0.5, 0.6) is 0 Å². The molecule has 84 valence electrons. The molecule has 0 amide bonds. The van der Waals surface area contributed by atoms with Crippen molar-refractivity contribution >= 4 is 5.69 Å². The van der Waals surface area contributed by atoms with E-state index in [1.54, 1.807) is 0 Å². The van der Waals surface area contributed by atoms with Crippen molar-refractivity contribution in [3.63, 3.8) is 0 Å². The van der Waals surface area contributed by atoms with Gasteiger partial charge in [0.15, 0.2) is 11.5 Å². The zero-order valence-electron chi connectivity index (χ0n) is 6.95. The first-order valence-electron chi connectivity index (χ1n) is 3.54. The van der Waals surface area contributed by atoms with E-state index in [4.69, 9.17) is 5.73 Å². The zero-order valence-corrected chi connectivity index (χ0v) is 6.95. The molecule has 0 fully saturated rings. The molecule has 0 bridgehead atoms. The molecule has 1 heterocycles. The van der Waals surface area contributed by atoms with Gasteiger partial charge in [0.25, 0.3) is 6.43 Å². The van der Waals surface area contributed by atoms with Crippen molar-refractivity contribution in [2.75, 3.05) is 5.73 Å². The molecule has 1 rings (SSSR count). The molecule has 0 radical (unpaired) electrons. The first-order valence-corrected chi connectivity index (χ1v) is 3.54. The summed E-state index contributed by atoms with van der Waals surface area (Å²) in [4.78, 5) is 2.63. The van der Waals surface area contributed by atoms with E-state index < -0.39 is 35.4 Å². The van der Waals surface area contributed by atoms with Crippen LogP contribution in [0.2, 0.25) is 0 Å². The number of hydrogen-bond acceptors (Lipinski definition) is 2. The highest BCUT2D eigenvalue weighted by atomic mass is 19.4. The Labute approximate surface area is 79.7 Å². The second-order valence-electron chi connectivity index (χ2n) is 2.59. The highest BCUT2D eigenvalue weighted by Crippen LogP contribution is 2.35. The third-order valence-corrected chi connectivity index (χ3v) is 1.57. The van der Waals surface area contributed by atoms with Gasteiger partial charge in [0, 0.05) is 0 Å². The van der Waals surface area contributed by atoms with E-state index in [1.807, 2.05) is 0 Å². The molecule has 0 unspecified atom stereocenters. The van der Waals surface area contributed by atoms with E-state index in [0.717, 1.165) is 0 Å². The van der Waals surface area contributed by atoms with Crippen molar-refractivity contribution in [2.24, 2.45) is 0 Å². The maximum Gasteiger partial charge on any atom is 0.436 e. The number of alkyl halides is 5. The van der Waals surface area contributed by atoms with Crippen molar-refractivity contribution in [2.45, 2.75) is 12.6 Å². The van der Waals surface area contributed by atoms with Crippen molar-refractivity contribution in [1.29, 1.82) is 0 Å². The maximum atomic E-state index is 12.9. The number of hydrogen-bond donors (Lipinski definition) is 1. The van der Waals surface area contributed by atoms with Gasteiger partial charge in [-0.15, -0.1) is 0 Å². The SMILES string of the molecule is Nc1cnc(C(F)(F)F)c(F)c1C(F)F. The minimum atomic E-state index is -5.12. The molecule has 2 N–H and O–H groups in total. The van der Waals surface area contributed by atoms with Gasteiger partial charge in [0.05, 0.1) is 17.4 Å². The molecule has 8 heteroatoms. The Balaban J connectivity index is 3.42. The van der Waals surface area contributed by atoms with Crippen LogP contribution >= 0.6 is 0 Å².